The molecule has 0 spiro atoms. The molecule has 88 valence electrons. The predicted octanol–water partition coefficient (Wildman–Crippen LogP) is 3.54. The van der Waals surface area contributed by atoms with Crippen molar-refractivity contribution in [2.45, 2.75) is 44.8 Å². The van der Waals surface area contributed by atoms with Crippen LogP contribution in [0, 0.1) is 6.92 Å². The Morgan fingerprint density at radius 3 is 2.88 bits per heavy atom. The molecule has 1 nitrogen and oxygen atoms in total. The molecular formula is C14H20FN. The molecule has 16 heavy (non-hydrogen) atoms. The van der Waals surface area contributed by atoms with Gasteiger partial charge in [0.2, 0.25) is 0 Å². The third kappa shape index (κ3) is 2.62. The lowest BCUT2D eigenvalue weighted by Gasteiger charge is -2.22. The zero-order chi connectivity index (χ0) is 11.4. The van der Waals surface area contributed by atoms with E-state index in [0.717, 1.165) is 30.5 Å². The van der Waals surface area contributed by atoms with Crippen LogP contribution in [0.1, 0.15) is 43.0 Å². The number of benzene rings is 1. The van der Waals surface area contributed by atoms with Crippen LogP contribution in [0.15, 0.2) is 24.3 Å². The molecule has 1 aromatic rings. The van der Waals surface area contributed by atoms with Gasteiger partial charge in [0.25, 0.3) is 0 Å². The third-order valence-electron chi connectivity index (χ3n) is 3.44. The normalized spacial score (nSPS) is 23.8. The van der Waals surface area contributed by atoms with Crippen LogP contribution in [-0.2, 0) is 0 Å². The van der Waals surface area contributed by atoms with Crippen molar-refractivity contribution in [2.24, 2.45) is 0 Å². The summed E-state index contributed by atoms with van der Waals surface area (Å²) in [5, 5.41) is 3.33. The van der Waals surface area contributed by atoms with Gasteiger partial charge in [-0.25, -0.2) is 4.39 Å². The van der Waals surface area contributed by atoms with Crippen LogP contribution >= 0.6 is 0 Å². The van der Waals surface area contributed by atoms with E-state index in [9.17, 15) is 4.39 Å². The van der Waals surface area contributed by atoms with Gasteiger partial charge in [-0.3, -0.25) is 0 Å². The van der Waals surface area contributed by atoms with Gasteiger partial charge >= 0.3 is 0 Å². The lowest BCUT2D eigenvalue weighted by Crippen LogP contribution is -2.32. The topological polar surface area (TPSA) is 12.0 Å². The van der Waals surface area contributed by atoms with E-state index in [1.54, 1.807) is 0 Å². The standard InChI is InChI=1S/C14H20FN/c1-11-7-4-5-8-12(11)14(15)13-9-3-2-6-10-16-13/h4-5,7-8,13-14,16H,2-3,6,9-10H2,1H3. The molecule has 1 aliphatic heterocycles. The van der Waals surface area contributed by atoms with Crippen molar-refractivity contribution in [1.82, 2.24) is 5.32 Å². The molecule has 1 aliphatic rings. The molecule has 2 rings (SSSR count). The van der Waals surface area contributed by atoms with Gasteiger partial charge in [0.1, 0.15) is 6.17 Å². The summed E-state index contributed by atoms with van der Waals surface area (Å²) in [7, 11) is 0. The van der Waals surface area contributed by atoms with Crippen molar-refractivity contribution in [2.75, 3.05) is 6.54 Å². The summed E-state index contributed by atoms with van der Waals surface area (Å²) in [6.45, 7) is 2.94. The Hall–Kier alpha value is -0.890. The van der Waals surface area contributed by atoms with E-state index in [0.29, 0.717) is 0 Å². The lowest BCUT2D eigenvalue weighted by molar-refractivity contribution is 0.248. The Bertz CT molecular complexity index is 329. The number of alkyl halides is 1. The molecule has 0 amide bonds. The predicted molar refractivity (Wildman–Crippen MR) is 65.3 cm³/mol. The molecule has 1 aromatic carbocycles. The van der Waals surface area contributed by atoms with E-state index < -0.39 is 6.17 Å². The molecule has 1 fully saturated rings. The smallest absolute Gasteiger partial charge is 0.141 e. The SMILES string of the molecule is Cc1ccccc1C(F)C1CCCCCN1. The number of nitrogens with one attached hydrogen (secondary N) is 1. The van der Waals surface area contributed by atoms with Crippen molar-refractivity contribution in [1.29, 1.82) is 0 Å². The van der Waals surface area contributed by atoms with Crippen molar-refractivity contribution in [3.63, 3.8) is 0 Å². The molecule has 2 atom stereocenters. The van der Waals surface area contributed by atoms with Gasteiger partial charge in [-0.2, -0.15) is 0 Å². The number of halogens is 1. The average Bonchev–Trinajstić information content (AvgIpc) is 2.57. The summed E-state index contributed by atoms with van der Waals surface area (Å²) in [4.78, 5) is 0. The van der Waals surface area contributed by atoms with Gasteiger partial charge in [0, 0.05) is 6.04 Å². The van der Waals surface area contributed by atoms with Gasteiger partial charge in [0.05, 0.1) is 0 Å². The van der Waals surface area contributed by atoms with Crippen LogP contribution < -0.4 is 5.32 Å². The fourth-order valence-electron chi connectivity index (χ4n) is 2.42. The molecule has 0 saturated carbocycles. The minimum atomic E-state index is -0.862. The number of hydrogen-bond donors (Lipinski definition) is 1. The molecule has 0 aromatic heterocycles. The van der Waals surface area contributed by atoms with Crippen molar-refractivity contribution < 1.29 is 4.39 Å². The second kappa shape index (κ2) is 5.44. The zero-order valence-corrected chi connectivity index (χ0v) is 9.88. The molecule has 1 N–H and O–H groups in total. The Balaban J connectivity index is 2.11. The van der Waals surface area contributed by atoms with Crippen molar-refractivity contribution in [3.8, 4) is 0 Å². The van der Waals surface area contributed by atoms with Gasteiger partial charge in [-0.15, -0.1) is 0 Å². The fourth-order valence-corrected chi connectivity index (χ4v) is 2.42. The minimum absolute atomic E-state index is 0.00333. The van der Waals surface area contributed by atoms with Gasteiger partial charge < -0.3 is 5.32 Å². The Labute approximate surface area is 97.1 Å². The van der Waals surface area contributed by atoms with Crippen LogP contribution in [0.5, 0.6) is 0 Å². The van der Waals surface area contributed by atoms with Crippen LogP contribution in [0.3, 0.4) is 0 Å². The van der Waals surface area contributed by atoms with E-state index in [-0.39, 0.29) is 6.04 Å². The number of rotatable bonds is 2. The molecule has 0 bridgehead atoms. The van der Waals surface area contributed by atoms with Crippen LogP contribution in [0.25, 0.3) is 0 Å². The zero-order valence-electron chi connectivity index (χ0n) is 9.88. The van der Waals surface area contributed by atoms with Crippen LogP contribution in [0.2, 0.25) is 0 Å². The third-order valence-corrected chi connectivity index (χ3v) is 3.44. The average molecular weight is 221 g/mol. The Morgan fingerprint density at radius 2 is 2.06 bits per heavy atom. The first-order valence-corrected chi connectivity index (χ1v) is 6.22. The summed E-state index contributed by atoms with van der Waals surface area (Å²) in [5.41, 5.74) is 1.91. The highest BCUT2D eigenvalue weighted by molar-refractivity contribution is 5.28. The van der Waals surface area contributed by atoms with Crippen molar-refractivity contribution >= 4 is 0 Å². The maximum absolute atomic E-state index is 14.4. The first kappa shape index (κ1) is 11.6. The molecule has 0 aliphatic carbocycles. The maximum Gasteiger partial charge on any atom is 0.141 e. The molecule has 0 radical (unpaired) electrons. The molecule has 2 unspecified atom stereocenters. The highest BCUT2D eigenvalue weighted by atomic mass is 19.1. The van der Waals surface area contributed by atoms with E-state index >= 15 is 0 Å². The van der Waals surface area contributed by atoms with Gasteiger partial charge in [0.15, 0.2) is 0 Å². The van der Waals surface area contributed by atoms with E-state index in [2.05, 4.69) is 5.32 Å². The Kier molecular flexibility index (Phi) is 3.94. The largest absolute Gasteiger partial charge is 0.311 e. The van der Waals surface area contributed by atoms with Crippen molar-refractivity contribution in [3.05, 3.63) is 35.4 Å². The summed E-state index contributed by atoms with van der Waals surface area (Å²) in [5.74, 6) is 0. The Morgan fingerprint density at radius 1 is 1.25 bits per heavy atom. The molecular weight excluding hydrogens is 201 g/mol. The van der Waals surface area contributed by atoms with E-state index in [4.69, 9.17) is 0 Å². The number of hydrogen-bond acceptors (Lipinski definition) is 1. The summed E-state index contributed by atoms with van der Waals surface area (Å²) >= 11 is 0. The van der Waals surface area contributed by atoms with E-state index in [1.165, 1.54) is 12.8 Å². The monoisotopic (exact) mass is 221 g/mol. The quantitative estimate of drug-likeness (QED) is 0.805. The van der Waals surface area contributed by atoms with Gasteiger partial charge in [-0.05, 0) is 37.4 Å². The maximum atomic E-state index is 14.4. The fraction of sp³-hybridized carbons (Fsp3) is 0.571. The van der Waals surface area contributed by atoms with Crippen LogP contribution in [-0.4, -0.2) is 12.6 Å². The second-order valence-electron chi connectivity index (χ2n) is 4.67. The minimum Gasteiger partial charge on any atom is -0.311 e. The highest BCUT2D eigenvalue weighted by Gasteiger charge is 2.24. The summed E-state index contributed by atoms with van der Waals surface area (Å²) < 4.78 is 14.4. The second-order valence-corrected chi connectivity index (χ2v) is 4.67. The summed E-state index contributed by atoms with van der Waals surface area (Å²) in [6.07, 6.45) is 3.64. The first-order chi connectivity index (χ1) is 7.79. The van der Waals surface area contributed by atoms with Gasteiger partial charge in [-0.1, -0.05) is 37.1 Å². The van der Waals surface area contributed by atoms with E-state index in [1.807, 2.05) is 31.2 Å². The number of aryl methyl sites for hydroxylation is 1. The molecule has 1 saturated heterocycles. The summed E-state index contributed by atoms with van der Waals surface area (Å²) in [6, 6.07) is 7.78. The molecule has 1 heterocycles. The highest BCUT2D eigenvalue weighted by Crippen LogP contribution is 2.28. The molecule has 2 heteroatoms. The first-order valence-electron chi connectivity index (χ1n) is 6.22. The lowest BCUT2D eigenvalue weighted by atomic mass is 9.96. The van der Waals surface area contributed by atoms with Crippen LogP contribution in [0.4, 0.5) is 4.39 Å².